The predicted octanol–water partition coefficient (Wildman–Crippen LogP) is 2.52. The van der Waals surface area contributed by atoms with Gasteiger partial charge in [0.25, 0.3) is 0 Å². The third-order valence-electron chi connectivity index (χ3n) is 1.80. The van der Waals surface area contributed by atoms with E-state index in [1.54, 1.807) is 0 Å². The molecule has 1 rings (SSSR count). The number of allylic oxidation sites excluding steroid dienone is 2. The van der Waals surface area contributed by atoms with Crippen LogP contribution in [0.1, 0.15) is 31.1 Å². The molecule has 0 fully saturated rings. The molecule has 2 heteroatoms. The predicted molar refractivity (Wildman–Crippen MR) is 50.8 cm³/mol. The first kappa shape index (κ1) is 8.91. The lowest BCUT2D eigenvalue weighted by Gasteiger charge is -2.02. The number of aryl methyl sites for hydroxylation is 2. The van der Waals surface area contributed by atoms with E-state index in [2.05, 4.69) is 23.0 Å². The summed E-state index contributed by atoms with van der Waals surface area (Å²) in [5, 5.41) is 0. The number of hydrogen-bond acceptors (Lipinski definition) is 2. The summed E-state index contributed by atoms with van der Waals surface area (Å²) in [5.74, 6) is 0.839. The van der Waals surface area contributed by atoms with Crippen molar-refractivity contribution in [1.29, 1.82) is 0 Å². The smallest absolute Gasteiger partial charge is 0.126 e. The summed E-state index contributed by atoms with van der Waals surface area (Å²) < 4.78 is 0. The van der Waals surface area contributed by atoms with Crippen LogP contribution >= 0.6 is 0 Å². The SMILES string of the molecule is CC=C(C)c1cc(C)nc(C)n1. The molecule has 1 aromatic heterocycles. The highest BCUT2D eigenvalue weighted by molar-refractivity contribution is 5.60. The summed E-state index contributed by atoms with van der Waals surface area (Å²) in [6.07, 6.45) is 2.06. The van der Waals surface area contributed by atoms with Gasteiger partial charge in [-0.2, -0.15) is 0 Å². The van der Waals surface area contributed by atoms with Crippen molar-refractivity contribution in [3.63, 3.8) is 0 Å². The highest BCUT2D eigenvalue weighted by atomic mass is 14.9. The Morgan fingerprint density at radius 2 is 2.00 bits per heavy atom. The van der Waals surface area contributed by atoms with E-state index in [0.717, 1.165) is 17.2 Å². The Bertz CT molecular complexity index is 293. The molecular formula is C10H14N2. The minimum absolute atomic E-state index is 0.839. The van der Waals surface area contributed by atoms with Crippen molar-refractivity contribution in [3.8, 4) is 0 Å². The van der Waals surface area contributed by atoms with Crippen molar-refractivity contribution in [3.05, 3.63) is 29.4 Å². The van der Waals surface area contributed by atoms with Crippen molar-refractivity contribution in [1.82, 2.24) is 9.97 Å². The van der Waals surface area contributed by atoms with Crippen molar-refractivity contribution in [2.45, 2.75) is 27.7 Å². The molecule has 0 aliphatic rings. The lowest BCUT2D eigenvalue weighted by atomic mass is 10.2. The van der Waals surface area contributed by atoms with Gasteiger partial charge in [-0.3, -0.25) is 0 Å². The van der Waals surface area contributed by atoms with Gasteiger partial charge < -0.3 is 0 Å². The fraction of sp³-hybridized carbons (Fsp3) is 0.400. The molecule has 0 N–H and O–H groups in total. The molecule has 0 aromatic carbocycles. The Morgan fingerprint density at radius 1 is 1.33 bits per heavy atom. The average Bonchev–Trinajstić information content (AvgIpc) is 2.01. The lowest BCUT2D eigenvalue weighted by molar-refractivity contribution is 0.996. The standard InChI is InChI=1S/C10H14N2/c1-5-7(2)10-6-8(3)11-9(4)12-10/h5-6H,1-4H3. The Labute approximate surface area is 73.4 Å². The van der Waals surface area contributed by atoms with Gasteiger partial charge in [0.2, 0.25) is 0 Å². The van der Waals surface area contributed by atoms with Crippen LogP contribution in [0.25, 0.3) is 5.57 Å². The molecule has 0 saturated carbocycles. The minimum Gasteiger partial charge on any atom is -0.239 e. The van der Waals surface area contributed by atoms with Crippen molar-refractivity contribution in [2.75, 3.05) is 0 Å². The third kappa shape index (κ3) is 1.91. The van der Waals surface area contributed by atoms with E-state index in [1.165, 1.54) is 5.57 Å². The van der Waals surface area contributed by atoms with Gasteiger partial charge in [0.1, 0.15) is 5.82 Å². The second-order valence-electron chi connectivity index (χ2n) is 2.91. The molecule has 2 nitrogen and oxygen atoms in total. The fourth-order valence-electron chi connectivity index (χ4n) is 1.07. The molecule has 64 valence electrons. The zero-order valence-electron chi connectivity index (χ0n) is 8.05. The van der Waals surface area contributed by atoms with E-state index in [-0.39, 0.29) is 0 Å². The van der Waals surface area contributed by atoms with Gasteiger partial charge in [-0.05, 0) is 39.3 Å². The van der Waals surface area contributed by atoms with E-state index in [0.29, 0.717) is 0 Å². The molecule has 0 spiro atoms. The normalized spacial score (nSPS) is 11.8. The van der Waals surface area contributed by atoms with Gasteiger partial charge in [0.15, 0.2) is 0 Å². The van der Waals surface area contributed by atoms with Gasteiger partial charge in [0.05, 0.1) is 5.69 Å². The lowest BCUT2D eigenvalue weighted by Crippen LogP contribution is -1.95. The van der Waals surface area contributed by atoms with Crippen LogP contribution in [0.4, 0.5) is 0 Å². The second kappa shape index (κ2) is 3.48. The van der Waals surface area contributed by atoms with Gasteiger partial charge in [-0.25, -0.2) is 9.97 Å². The van der Waals surface area contributed by atoms with Crippen LogP contribution in [0.2, 0.25) is 0 Å². The molecule has 1 heterocycles. The fourth-order valence-corrected chi connectivity index (χ4v) is 1.07. The quantitative estimate of drug-likeness (QED) is 0.634. The summed E-state index contributed by atoms with van der Waals surface area (Å²) >= 11 is 0. The number of rotatable bonds is 1. The summed E-state index contributed by atoms with van der Waals surface area (Å²) in [6.45, 7) is 7.98. The Hall–Kier alpha value is -1.18. The molecule has 0 saturated heterocycles. The second-order valence-corrected chi connectivity index (χ2v) is 2.91. The molecule has 0 amide bonds. The van der Waals surface area contributed by atoms with Gasteiger partial charge >= 0.3 is 0 Å². The van der Waals surface area contributed by atoms with Crippen LogP contribution in [0.15, 0.2) is 12.1 Å². The molecule has 0 aliphatic heterocycles. The molecule has 1 aromatic rings. The summed E-state index contributed by atoms with van der Waals surface area (Å²) in [5.41, 5.74) is 3.25. The topological polar surface area (TPSA) is 25.8 Å². The highest BCUT2D eigenvalue weighted by Crippen LogP contribution is 2.11. The first-order chi connectivity index (χ1) is 5.63. The van der Waals surface area contributed by atoms with E-state index < -0.39 is 0 Å². The van der Waals surface area contributed by atoms with Gasteiger partial charge in [0, 0.05) is 5.69 Å². The Kier molecular flexibility index (Phi) is 2.58. The third-order valence-corrected chi connectivity index (χ3v) is 1.80. The van der Waals surface area contributed by atoms with Crippen LogP contribution in [-0.4, -0.2) is 9.97 Å². The maximum atomic E-state index is 4.33. The van der Waals surface area contributed by atoms with Crippen LogP contribution in [0, 0.1) is 13.8 Å². The van der Waals surface area contributed by atoms with Crippen LogP contribution < -0.4 is 0 Å². The van der Waals surface area contributed by atoms with E-state index in [4.69, 9.17) is 0 Å². The van der Waals surface area contributed by atoms with Crippen molar-refractivity contribution >= 4 is 5.57 Å². The van der Waals surface area contributed by atoms with E-state index in [9.17, 15) is 0 Å². The van der Waals surface area contributed by atoms with Crippen molar-refractivity contribution in [2.24, 2.45) is 0 Å². The molecule has 0 unspecified atom stereocenters. The monoisotopic (exact) mass is 162 g/mol. The largest absolute Gasteiger partial charge is 0.239 e. The maximum Gasteiger partial charge on any atom is 0.126 e. The number of hydrogen-bond donors (Lipinski definition) is 0. The highest BCUT2D eigenvalue weighted by Gasteiger charge is 1.98. The first-order valence-electron chi connectivity index (χ1n) is 4.09. The number of aromatic nitrogens is 2. The van der Waals surface area contributed by atoms with E-state index in [1.807, 2.05) is 26.8 Å². The van der Waals surface area contributed by atoms with Crippen LogP contribution in [0.3, 0.4) is 0 Å². The molecule has 0 aliphatic carbocycles. The molecule has 0 bridgehead atoms. The first-order valence-corrected chi connectivity index (χ1v) is 4.09. The zero-order valence-corrected chi connectivity index (χ0v) is 8.05. The van der Waals surface area contributed by atoms with Crippen molar-refractivity contribution < 1.29 is 0 Å². The molecule has 12 heavy (non-hydrogen) atoms. The Balaban J connectivity index is 3.17. The van der Waals surface area contributed by atoms with E-state index >= 15 is 0 Å². The molecular weight excluding hydrogens is 148 g/mol. The van der Waals surface area contributed by atoms with Gasteiger partial charge in [-0.1, -0.05) is 6.08 Å². The zero-order chi connectivity index (χ0) is 9.14. The summed E-state index contributed by atoms with van der Waals surface area (Å²) in [4.78, 5) is 8.54. The average molecular weight is 162 g/mol. The molecule has 0 radical (unpaired) electrons. The van der Waals surface area contributed by atoms with Gasteiger partial charge in [-0.15, -0.1) is 0 Å². The maximum absolute atomic E-state index is 4.33. The minimum atomic E-state index is 0.839. The van der Waals surface area contributed by atoms with Crippen LogP contribution in [0.5, 0.6) is 0 Å². The number of nitrogens with zero attached hydrogens (tertiary/aromatic N) is 2. The summed E-state index contributed by atoms with van der Waals surface area (Å²) in [6, 6.07) is 2.00. The summed E-state index contributed by atoms with van der Waals surface area (Å²) in [7, 11) is 0. The Morgan fingerprint density at radius 3 is 2.50 bits per heavy atom. The van der Waals surface area contributed by atoms with Crippen LogP contribution in [-0.2, 0) is 0 Å². The molecule has 0 atom stereocenters.